The number of aryl methyl sites for hydroxylation is 3. The fraction of sp³-hybridized carbons (Fsp3) is 0.273. The van der Waals surface area contributed by atoms with Gasteiger partial charge in [0.25, 0.3) is 5.91 Å². The maximum atomic E-state index is 12.4. The standard InChI is InChI=1S/C22H23NO4/c1-14-5-7-17(8-6-14)12-23(4)20(24)13-26-19-10-9-18-15(2)11-21(25)27-22(18)16(19)3/h5-11H,12-13H2,1-4H3. The highest BCUT2D eigenvalue weighted by Crippen LogP contribution is 2.28. The lowest BCUT2D eigenvalue weighted by Crippen LogP contribution is -2.31. The van der Waals surface area contributed by atoms with E-state index in [0.717, 1.165) is 16.5 Å². The van der Waals surface area contributed by atoms with Gasteiger partial charge in [-0.15, -0.1) is 0 Å². The largest absolute Gasteiger partial charge is 0.483 e. The Morgan fingerprint density at radius 3 is 2.48 bits per heavy atom. The first-order valence-electron chi connectivity index (χ1n) is 8.81. The molecule has 0 unspecified atom stereocenters. The third-order valence-electron chi connectivity index (χ3n) is 4.64. The van der Waals surface area contributed by atoms with Gasteiger partial charge in [0.1, 0.15) is 11.3 Å². The molecule has 1 heterocycles. The quantitative estimate of drug-likeness (QED) is 0.646. The first-order valence-corrected chi connectivity index (χ1v) is 8.81. The Morgan fingerprint density at radius 1 is 1.07 bits per heavy atom. The number of hydrogen-bond donors (Lipinski definition) is 0. The molecule has 5 nitrogen and oxygen atoms in total. The van der Waals surface area contributed by atoms with Crippen molar-refractivity contribution in [2.24, 2.45) is 0 Å². The van der Waals surface area contributed by atoms with E-state index in [2.05, 4.69) is 0 Å². The van der Waals surface area contributed by atoms with Gasteiger partial charge in [-0.1, -0.05) is 29.8 Å². The molecule has 140 valence electrons. The van der Waals surface area contributed by atoms with Crippen molar-refractivity contribution < 1.29 is 13.9 Å². The highest BCUT2D eigenvalue weighted by atomic mass is 16.5. The van der Waals surface area contributed by atoms with Crippen molar-refractivity contribution >= 4 is 16.9 Å². The number of carbonyl (C=O) groups is 1. The van der Waals surface area contributed by atoms with E-state index in [1.807, 2.05) is 51.1 Å². The molecule has 0 spiro atoms. The molecule has 0 fully saturated rings. The maximum Gasteiger partial charge on any atom is 0.336 e. The fourth-order valence-electron chi connectivity index (χ4n) is 2.96. The van der Waals surface area contributed by atoms with E-state index in [1.54, 1.807) is 18.0 Å². The Balaban J connectivity index is 1.70. The lowest BCUT2D eigenvalue weighted by atomic mass is 10.1. The lowest BCUT2D eigenvalue weighted by Gasteiger charge is -2.18. The van der Waals surface area contributed by atoms with Crippen molar-refractivity contribution in [1.82, 2.24) is 4.90 Å². The van der Waals surface area contributed by atoms with Crippen LogP contribution in [0.5, 0.6) is 5.75 Å². The molecule has 0 saturated carbocycles. The Bertz CT molecular complexity index is 1030. The third-order valence-corrected chi connectivity index (χ3v) is 4.64. The predicted octanol–water partition coefficient (Wildman–Crippen LogP) is 3.76. The van der Waals surface area contributed by atoms with E-state index >= 15 is 0 Å². The second-order valence-electron chi connectivity index (χ2n) is 6.84. The Morgan fingerprint density at radius 2 is 1.78 bits per heavy atom. The van der Waals surface area contributed by atoms with Crippen LogP contribution in [0.1, 0.15) is 22.3 Å². The summed E-state index contributed by atoms with van der Waals surface area (Å²) < 4.78 is 11.0. The number of ether oxygens (including phenoxy) is 1. The summed E-state index contributed by atoms with van der Waals surface area (Å²) in [6, 6.07) is 13.2. The summed E-state index contributed by atoms with van der Waals surface area (Å²) in [6.45, 7) is 6.16. The van der Waals surface area contributed by atoms with Crippen molar-refractivity contribution in [3.8, 4) is 5.75 Å². The van der Waals surface area contributed by atoms with Gasteiger partial charge in [0.15, 0.2) is 6.61 Å². The zero-order valence-electron chi connectivity index (χ0n) is 16.0. The van der Waals surface area contributed by atoms with Gasteiger partial charge < -0.3 is 14.1 Å². The topological polar surface area (TPSA) is 59.8 Å². The van der Waals surface area contributed by atoms with Crippen molar-refractivity contribution in [1.29, 1.82) is 0 Å². The molecule has 2 aromatic carbocycles. The van der Waals surface area contributed by atoms with Crippen LogP contribution >= 0.6 is 0 Å². The summed E-state index contributed by atoms with van der Waals surface area (Å²) in [4.78, 5) is 25.7. The molecule has 3 rings (SSSR count). The number of amides is 1. The lowest BCUT2D eigenvalue weighted by molar-refractivity contribution is -0.132. The average Bonchev–Trinajstić information content (AvgIpc) is 2.63. The molecule has 1 amide bonds. The van der Waals surface area contributed by atoms with Crippen molar-refractivity contribution in [2.45, 2.75) is 27.3 Å². The Hall–Kier alpha value is -3.08. The minimum Gasteiger partial charge on any atom is -0.483 e. The second kappa shape index (κ2) is 7.66. The van der Waals surface area contributed by atoms with Crippen molar-refractivity contribution in [3.05, 3.63) is 75.1 Å². The summed E-state index contributed by atoms with van der Waals surface area (Å²) in [7, 11) is 1.75. The second-order valence-corrected chi connectivity index (χ2v) is 6.84. The molecule has 0 N–H and O–H groups in total. The third kappa shape index (κ3) is 4.19. The summed E-state index contributed by atoms with van der Waals surface area (Å²) >= 11 is 0. The van der Waals surface area contributed by atoms with Crippen molar-refractivity contribution in [2.75, 3.05) is 13.7 Å². The zero-order chi connectivity index (χ0) is 19.6. The van der Waals surface area contributed by atoms with Crippen LogP contribution in [0.25, 0.3) is 11.0 Å². The molecule has 3 aromatic rings. The molecule has 0 aliphatic heterocycles. The summed E-state index contributed by atoms with van der Waals surface area (Å²) in [5.41, 5.74) is 3.92. The molecule has 27 heavy (non-hydrogen) atoms. The zero-order valence-corrected chi connectivity index (χ0v) is 16.0. The van der Waals surface area contributed by atoms with E-state index < -0.39 is 5.63 Å². The average molecular weight is 365 g/mol. The molecule has 0 aliphatic carbocycles. The van der Waals surface area contributed by atoms with E-state index in [4.69, 9.17) is 9.15 Å². The van der Waals surface area contributed by atoms with Gasteiger partial charge in [0.2, 0.25) is 0 Å². The van der Waals surface area contributed by atoms with E-state index in [0.29, 0.717) is 23.4 Å². The van der Waals surface area contributed by atoms with Gasteiger partial charge in [0.05, 0.1) is 0 Å². The number of hydrogen-bond acceptors (Lipinski definition) is 4. The molecular formula is C22H23NO4. The number of likely N-dealkylation sites (N-methyl/N-ethyl adjacent to an activating group) is 1. The molecule has 0 radical (unpaired) electrons. The molecule has 0 saturated heterocycles. The number of nitrogens with zero attached hydrogens (tertiary/aromatic N) is 1. The fourth-order valence-corrected chi connectivity index (χ4v) is 2.96. The van der Waals surface area contributed by atoms with Gasteiger partial charge in [0, 0.05) is 30.6 Å². The minimum atomic E-state index is -0.394. The first-order chi connectivity index (χ1) is 12.8. The van der Waals surface area contributed by atoms with E-state index in [1.165, 1.54) is 11.6 Å². The number of carbonyl (C=O) groups excluding carboxylic acids is 1. The summed E-state index contributed by atoms with van der Waals surface area (Å²) in [6.07, 6.45) is 0. The highest BCUT2D eigenvalue weighted by molar-refractivity contribution is 5.85. The maximum absolute atomic E-state index is 12.4. The van der Waals surface area contributed by atoms with Crippen LogP contribution in [-0.4, -0.2) is 24.5 Å². The van der Waals surface area contributed by atoms with Crippen LogP contribution in [0.2, 0.25) is 0 Å². The summed E-state index contributed by atoms with van der Waals surface area (Å²) in [5, 5.41) is 0.863. The van der Waals surface area contributed by atoms with Crippen LogP contribution in [0.4, 0.5) is 0 Å². The van der Waals surface area contributed by atoms with Crippen LogP contribution in [-0.2, 0) is 11.3 Å². The Kier molecular flexibility index (Phi) is 5.31. The van der Waals surface area contributed by atoms with Crippen LogP contribution in [0.3, 0.4) is 0 Å². The monoisotopic (exact) mass is 365 g/mol. The molecule has 0 atom stereocenters. The number of fused-ring (bicyclic) bond motifs is 1. The molecule has 0 aliphatic rings. The van der Waals surface area contributed by atoms with Gasteiger partial charge in [-0.05, 0) is 44.0 Å². The van der Waals surface area contributed by atoms with Gasteiger partial charge in [-0.3, -0.25) is 4.79 Å². The smallest absolute Gasteiger partial charge is 0.336 e. The summed E-state index contributed by atoms with van der Waals surface area (Å²) in [5.74, 6) is 0.411. The van der Waals surface area contributed by atoms with Crippen LogP contribution in [0, 0.1) is 20.8 Å². The van der Waals surface area contributed by atoms with Crippen molar-refractivity contribution in [3.63, 3.8) is 0 Å². The first kappa shape index (κ1) is 18.7. The normalized spacial score (nSPS) is 10.8. The predicted molar refractivity (Wildman–Crippen MR) is 105 cm³/mol. The SMILES string of the molecule is Cc1ccc(CN(C)C(=O)COc2ccc3c(C)cc(=O)oc3c2C)cc1. The molecule has 1 aromatic heterocycles. The van der Waals surface area contributed by atoms with Crippen LogP contribution < -0.4 is 10.4 Å². The highest BCUT2D eigenvalue weighted by Gasteiger charge is 2.14. The molecule has 5 heteroatoms. The van der Waals surface area contributed by atoms with Gasteiger partial charge >= 0.3 is 5.63 Å². The van der Waals surface area contributed by atoms with Crippen LogP contribution in [0.15, 0.2) is 51.7 Å². The van der Waals surface area contributed by atoms with E-state index in [9.17, 15) is 9.59 Å². The molecular weight excluding hydrogens is 342 g/mol. The Labute approximate surface area is 158 Å². The number of benzene rings is 2. The minimum absolute atomic E-state index is 0.0786. The van der Waals surface area contributed by atoms with Gasteiger partial charge in [-0.2, -0.15) is 0 Å². The number of rotatable bonds is 5. The molecule has 0 bridgehead atoms. The van der Waals surface area contributed by atoms with Gasteiger partial charge in [-0.25, -0.2) is 4.79 Å². The van der Waals surface area contributed by atoms with E-state index in [-0.39, 0.29) is 12.5 Å².